The Balaban J connectivity index is 2.20. The normalized spacial score (nSPS) is 12.5. The summed E-state index contributed by atoms with van der Waals surface area (Å²) in [7, 11) is 1.62. The first-order valence-electron chi connectivity index (χ1n) is 8.19. The van der Waals surface area contributed by atoms with E-state index in [1.165, 1.54) is 0 Å². The number of unbranched alkanes of at least 4 members (excludes halogenated alkanes) is 2. The molecule has 0 bridgehead atoms. The molecule has 0 radical (unpaired) electrons. The highest BCUT2D eigenvalue weighted by molar-refractivity contribution is 6.17. The Hall–Kier alpha value is -1.56. The van der Waals surface area contributed by atoms with Crippen molar-refractivity contribution in [2.45, 2.75) is 58.6 Å². The zero-order chi connectivity index (χ0) is 16.7. The lowest BCUT2D eigenvalue weighted by atomic mass is 10.2. The Kier molecular flexibility index (Phi) is 6.89. The van der Waals surface area contributed by atoms with E-state index in [0.29, 0.717) is 17.9 Å². The Morgan fingerprint density at radius 3 is 2.78 bits per heavy atom. The van der Waals surface area contributed by atoms with Crippen LogP contribution in [0.4, 0.5) is 0 Å². The average molecular weight is 341 g/mol. The van der Waals surface area contributed by atoms with Crippen molar-refractivity contribution in [3.05, 3.63) is 6.20 Å². The lowest BCUT2D eigenvalue weighted by Gasteiger charge is -2.12. The van der Waals surface area contributed by atoms with Crippen molar-refractivity contribution in [3.63, 3.8) is 0 Å². The number of fused-ring (bicyclic) bond motifs is 1. The van der Waals surface area contributed by atoms with E-state index in [0.717, 1.165) is 49.8 Å². The molecule has 0 N–H and O–H groups in total. The van der Waals surface area contributed by atoms with Crippen molar-refractivity contribution in [2.24, 2.45) is 0 Å². The average Bonchev–Trinajstić information content (AvgIpc) is 2.89. The van der Waals surface area contributed by atoms with Crippen LogP contribution in [0.1, 0.15) is 46.0 Å². The summed E-state index contributed by atoms with van der Waals surface area (Å²) in [5.41, 5.74) is 1.47. The van der Waals surface area contributed by atoms with E-state index >= 15 is 0 Å². The van der Waals surface area contributed by atoms with Crippen LogP contribution < -0.4 is 9.47 Å². The minimum absolute atomic E-state index is 0.0967. The van der Waals surface area contributed by atoms with Crippen molar-refractivity contribution < 1.29 is 9.47 Å². The van der Waals surface area contributed by atoms with Crippen LogP contribution in [0.3, 0.4) is 0 Å². The molecule has 2 aromatic rings. The number of imidazole rings is 1. The standard InChI is InChI=1S/C16H25ClN4O2/c1-4-8-12(2)23-15-18-11-13-14(20-15)21(16(19-13)22-3)10-7-5-6-9-17/h11-12H,4-10H2,1-3H3/t12-/m0/s1. The zero-order valence-corrected chi connectivity index (χ0v) is 14.8. The number of methoxy groups -OCH3 is 1. The molecule has 0 aliphatic heterocycles. The van der Waals surface area contributed by atoms with E-state index in [4.69, 9.17) is 21.1 Å². The quantitative estimate of drug-likeness (QED) is 0.486. The van der Waals surface area contributed by atoms with Crippen LogP contribution in [0, 0.1) is 0 Å². The minimum Gasteiger partial charge on any atom is -0.468 e. The Labute approximate surface area is 142 Å². The summed E-state index contributed by atoms with van der Waals surface area (Å²) in [5, 5.41) is 0. The first-order chi connectivity index (χ1) is 11.2. The van der Waals surface area contributed by atoms with E-state index in [2.05, 4.69) is 21.9 Å². The maximum absolute atomic E-state index is 5.78. The number of halogens is 1. The third-order valence-corrected chi connectivity index (χ3v) is 3.90. The van der Waals surface area contributed by atoms with Crippen molar-refractivity contribution in [1.29, 1.82) is 0 Å². The number of hydrogen-bond donors (Lipinski definition) is 0. The first kappa shape index (κ1) is 17.8. The maximum atomic E-state index is 5.78. The van der Waals surface area contributed by atoms with Gasteiger partial charge < -0.3 is 9.47 Å². The van der Waals surface area contributed by atoms with Crippen molar-refractivity contribution in [2.75, 3.05) is 13.0 Å². The summed E-state index contributed by atoms with van der Waals surface area (Å²) >= 11 is 5.73. The van der Waals surface area contributed by atoms with Gasteiger partial charge in [0, 0.05) is 12.4 Å². The molecule has 0 aliphatic rings. The number of aromatic nitrogens is 4. The molecule has 0 amide bonds. The monoisotopic (exact) mass is 340 g/mol. The van der Waals surface area contributed by atoms with Crippen LogP contribution in [0.25, 0.3) is 11.2 Å². The summed E-state index contributed by atoms with van der Waals surface area (Å²) in [5.74, 6) is 0.692. The number of ether oxygens (including phenoxy) is 2. The zero-order valence-electron chi connectivity index (χ0n) is 14.1. The van der Waals surface area contributed by atoms with Gasteiger partial charge >= 0.3 is 6.01 Å². The van der Waals surface area contributed by atoms with E-state index in [1.807, 2.05) is 11.5 Å². The van der Waals surface area contributed by atoms with Crippen LogP contribution in [-0.2, 0) is 6.54 Å². The molecular weight excluding hydrogens is 316 g/mol. The summed E-state index contributed by atoms with van der Waals surface area (Å²) in [4.78, 5) is 13.2. The Morgan fingerprint density at radius 2 is 2.09 bits per heavy atom. The molecule has 2 heterocycles. The van der Waals surface area contributed by atoms with Gasteiger partial charge in [-0.1, -0.05) is 19.8 Å². The summed E-state index contributed by atoms with van der Waals surface area (Å²) in [6.07, 6.45) is 6.90. The third-order valence-electron chi connectivity index (χ3n) is 3.63. The molecule has 0 aromatic carbocycles. The first-order valence-corrected chi connectivity index (χ1v) is 8.73. The fourth-order valence-electron chi connectivity index (χ4n) is 2.48. The van der Waals surface area contributed by atoms with Gasteiger partial charge in [-0.2, -0.15) is 9.97 Å². The second-order valence-electron chi connectivity index (χ2n) is 5.58. The van der Waals surface area contributed by atoms with Crippen molar-refractivity contribution >= 4 is 22.8 Å². The molecule has 2 aromatic heterocycles. The lowest BCUT2D eigenvalue weighted by molar-refractivity contribution is 0.193. The molecule has 23 heavy (non-hydrogen) atoms. The van der Waals surface area contributed by atoms with Crippen molar-refractivity contribution in [1.82, 2.24) is 19.5 Å². The number of aryl methyl sites for hydroxylation is 1. The van der Waals surface area contributed by atoms with E-state index < -0.39 is 0 Å². The van der Waals surface area contributed by atoms with Gasteiger partial charge in [-0.15, -0.1) is 11.6 Å². The van der Waals surface area contributed by atoms with E-state index in [1.54, 1.807) is 13.3 Å². The van der Waals surface area contributed by atoms with Gasteiger partial charge in [-0.05, 0) is 26.2 Å². The Morgan fingerprint density at radius 1 is 1.26 bits per heavy atom. The van der Waals surface area contributed by atoms with Crippen LogP contribution in [-0.4, -0.2) is 38.6 Å². The van der Waals surface area contributed by atoms with Gasteiger partial charge in [0.05, 0.1) is 19.4 Å². The molecule has 0 spiro atoms. The van der Waals surface area contributed by atoms with Gasteiger partial charge in [0.15, 0.2) is 5.65 Å². The van der Waals surface area contributed by atoms with Crippen LogP contribution in [0.15, 0.2) is 6.20 Å². The van der Waals surface area contributed by atoms with Gasteiger partial charge in [-0.3, -0.25) is 4.57 Å². The second kappa shape index (κ2) is 8.91. The number of rotatable bonds is 10. The molecule has 128 valence electrons. The molecule has 0 unspecified atom stereocenters. The minimum atomic E-state index is 0.0967. The topological polar surface area (TPSA) is 62.1 Å². The summed E-state index contributed by atoms with van der Waals surface area (Å²) in [6, 6.07) is 0.946. The smallest absolute Gasteiger partial charge is 0.318 e. The highest BCUT2D eigenvalue weighted by Gasteiger charge is 2.15. The van der Waals surface area contributed by atoms with Crippen LogP contribution in [0.2, 0.25) is 0 Å². The SMILES string of the molecule is CCC[C@H](C)Oc1ncc2nc(OC)n(CCCCCCl)c2n1. The van der Waals surface area contributed by atoms with Gasteiger partial charge in [0.25, 0.3) is 6.01 Å². The van der Waals surface area contributed by atoms with Gasteiger partial charge in [0.2, 0.25) is 0 Å². The van der Waals surface area contributed by atoms with Gasteiger partial charge in [0.1, 0.15) is 5.52 Å². The van der Waals surface area contributed by atoms with Crippen LogP contribution in [0.5, 0.6) is 12.0 Å². The fourth-order valence-corrected chi connectivity index (χ4v) is 2.67. The lowest BCUT2D eigenvalue weighted by Crippen LogP contribution is -2.13. The summed E-state index contributed by atoms with van der Waals surface area (Å²) in [6.45, 7) is 4.95. The van der Waals surface area contributed by atoms with Crippen molar-refractivity contribution in [3.8, 4) is 12.0 Å². The second-order valence-corrected chi connectivity index (χ2v) is 5.96. The van der Waals surface area contributed by atoms with Crippen LogP contribution >= 0.6 is 11.6 Å². The van der Waals surface area contributed by atoms with Gasteiger partial charge in [-0.25, -0.2) is 4.98 Å². The highest BCUT2D eigenvalue weighted by Crippen LogP contribution is 2.22. The molecular formula is C16H25ClN4O2. The van der Waals surface area contributed by atoms with E-state index in [-0.39, 0.29) is 6.10 Å². The molecule has 0 saturated heterocycles. The maximum Gasteiger partial charge on any atom is 0.318 e. The predicted octanol–water partition coefficient (Wildman–Crippen LogP) is 3.81. The molecule has 7 heteroatoms. The highest BCUT2D eigenvalue weighted by atomic mass is 35.5. The number of nitrogens with zero attached hydrogens (tertiary/aromatic N) is 4. The molecule has 2 rings (SSSR count). The number of alkyl halides is 1. The molecule has 0 aliphatic carbocycles. The molecule has 6 nitrogen and oxygen atoms in total. The number of hydrogen-bond acceptors (Lipinski definition) is 5. The molecule has 0 saturated carbocycles. The molecule has 1 atom stereocenters. The summed E-state index contributed by atoms with van der Waals surface area (Å²) < 4.78 is 13.1. The largest absolute Gasteiger partial charge is 0.468 e. The fraction of sp³-hybridized carbons (Fsp3) is 0.688. The predicted molar refractivity (Wildman–Crippen MR) is 91.4 cm³/mol. The Bertz CT molecular complexity index is 617. The third kappa shape index (κ3) is 4.70. The van der Waals surface area contributed by atoms with E-state index in [9.17, 15) is 0 Å². The molecule has 0 fully saturated rings.